The van der Waals surface area contributed by atoms with Gasteiger partial charge in [0.1, 0.15) is 11.9 Å². The minimum atomic E-state index is -0.331. The first-order valence-corrected chi connectivity index (χ1v) is 12.0. The van der Waals surface area contributed by atoms with Crippen molar-refractivity contribution in [2.75, 3.05) is 13.1 Å². The van der Waals surface area contributed by atoms with Gasteiger partial charge in [-0.15, -0.1) is 0 Å². The molecular formula is C25H24FN7S. The van der Waals surface area contributed by atoms with E-state index in [1.807, 2.05) is 24.5 Å². The second-order valence-electron chi connectivity index (χ2n) is 8.34. The molecule has 0 radical (unpaired) electrons. The average Bonchev–Trinajstić information content (AvgIpc) is 3.45. The standard InChI is InChI=1S/C25H24FN7S/c1-16-21(14-31-33(16)20-6-8-29-9-7-20)18-10-23(24-19(11-27)13-30-32(24)15-18)34-25-17(12-28-2)4-3-5-22(25)26/h3-5,10,13-15,20,29H,2,6-9,12H2,1H3. The number of pyridine rings is 1. The van der Waals surface area contributed by atoms with E-state index in [-0.39, 0.29) is 5.82 Å². The zero-order chi connectivity index (χ0) is 23.7. The van der Waals surface area contributed by atoms with Gasteiger partial charge in [-0.1, -0.05) is 23.9 Å². The van der Waals surface area contributed by atoms with Crippen molar-refractivity contribution < 1.29 is 4.39 Å². The molecule has 0 aliphatic carbocycles. The van der Waals surface area contributed by atoms with Gasteiger partial charge in [0.25, 0.3) is 0 Å². The second kappa shape index (κ2) is 9.41. The summed E-state index contributed by atoms with van der Waals surface area (Å²) in [6.07, 6.45) is 7.42. The van der Waals surface area contributed by atoms with Gasteiger partial charge in [-0.3, -0.25) is 9.67 Å². The molecule has 4 aromatic rings. The largest absolute Gasteiger partial charge is 0.317 e. The van der Waals surface area contributed by atoms with E-state index >= 15 is 0 Å². The molecule has 7 nitrogen and oxygen atoms in total. The fourth-order valence-electron chi connectivity index (χ4n) is 4.54. The molecule has 4 heterocycles. The number of hydrogen-bond donors (Lipinski definition) is 1. The molecule has 1 fully saturated rings. The molecule has 3 aromatic heterocycles. The molecule has 172 valence electrons. The van der Waals surface area contributed by atoms with Crippen LogP contribution in [0.5, 0.6) is 0 Å². The van der Waals surface area contributed by atoms with Gasteiger partial charge >= 0.3 is 0 Å². The Kier molecular flexibility index (Phi) is 6.18. The van der Waals surface area contributed by atoms with Gasteiger partial charge < -0.3 is 5.32 Å². The molecule has 0 amide bonds. The number of nitrogens with zero attached hydrogens (tertiary/aromatic N) is 6. The van der Waals surface area contributed by atoms with Crippen molar-refractivity contribution in [3.8, 4) is 17.2 Å². The number of hydrogen-bond acceptors (Lipinski definition) is 6. The van der Waals surface area contributed by atoms with Gasteiger partial charge in [-0.05, 0) is 57.3 Å². The first-order valence-electron chi connectivity index (χ1n) is 11.1. The summed E-state index contributed by atoms with van der Waals surface area (Å²) in [5, 5.41) is 22.2. The zero-order valence-corrected chi connectivity index (χ0v) is 19.6. The van der Waals surface area contributed by atoms with E-state index in [1.165, 1.54) is 17.8 Å². The van der Waals surface area contributed by atoms with E-state index in [1.54, 1.807) is 16.8 Å². The van der Waals surface area contributed by atoms with Crippen molar-refractivity contribution in [2.45, 2.75) is 42.1 Å². The smallest absolute Gasteiger partial charge is 0.137 e. The molecule has 34 heavy (non-hydrogen) atoms. The molecule has 9 heteroatoms. The number of nitrogens with one attached hydrogen (secondary N) is 1. The minimum Gasteiger partial charge on any atom is -0.317 e. The van der Waals surface area contributed by atoms with Gasteiger partial charge in [0, 0.05) is 27.9 Å². The van der Waals surface area contributed by atoms with Gasteiger partial charge in [-0.2, -0.15) is 15.5 Å². The second-order valence-corrected chi connectivity index (χ2v) is 9.39. The van der Waals surface area contributed by atoms with Crippen LogP contribution in [-0.2, 0) is 6.54 Å². The maximum atomic E-state index is 14.9. The van der Waals surface area contributed by atoms with Crippen LogP contribution in [0.2, 0.25) is 0 Å². The number of benzene rings is 1. The van der Waals surface area contributed by atoms with Crippen molar-refractivity contribution in [3.63, 3.8) is 0 Å². The van der Waals surface area contributed by atoms with E-state index in [9.17, 15) is 9.65 Å². The van der Waals surface area contributed by atoms with Crippen LogP contribution in [0.15, 0.2) is 57.6 Å². The highest BCUT2D eigenvalue weighted by atomic mass is 32.2. The summed E-state index contributed by atoms with van der Waals surface area (Å²) in [6.45, 7) is 7.92. The number of aromatic nitrogens is 4. The molecule has 1 aromatic carbocycles. The van der Waals surface area contributed by atoms with Gasteiger partial charge in [-0.25, -0.2) is 8.91 Å². The fourth-order valence-corrected chi connectivity index (χ4v) is 5.68. The predicted molar refractivity (Wildman–Crippen MR) is 131 cm³/mol. The molecule has 5 rings (SSSR count). The quantitative estimate of drug-likeness (QED) is 0.407. The highest BCUT2D eigenvalue weighted by Crippen LogP contribution is 2.39. The molecule has 0 unspecified atom stereocenters. The van der Waals surface area contributed by atoms with Crippen LogP contribution in [0, 0.1) is 24.1 Å². The molecule has 1 aliphatic rings. The van der Waals surface area contributed by atoms with E-state index in [4.69, 9.17) is 5.10 Å². The Hall–Kier alpha value is -3.48. The highest BCUT2D eigenvalue weighted by molar-refractivity contribution is 7.99. The molecule has 1 N–H and O–H groups in total. The highest BCUT2D eigenvalue weighted by Gasteiger charge is 2.21. The number of aliphatic imine (C=N–C) groups is 1. The average molecular weight is 474 g/mol. The van der Waals surface area contributed by atoms with Gasteiger partial charge in [0.05, 0.1) is 41.0 Å². The number of piperidine rings is 1. The van der Waals surface area contributed by atoms with Crippen molar-refractivity contribution in [3.05, 3.63) is 65.5 Å². The maximum Gasteiger partial charge on any atom is 0.137 e. The normalized spacial score (nSPS) is 14.4. The van der Waals surface area contributed by atoms with E-state index in [0.717, 1.165) is 53.2 Å². The zero-order valence-electron chi connectivity index (χ0n) is 18.8. The first kappa shape index (κ1) is 22.3. The van der Waals surface area contributed by atoms with Crippen LogP contribution < -0.4 is 5.32 Å². The number of fused-ring (bicyclic) bond motifs is 1. The Morgan fingerprint density at radius 3 is 2.88 bits per heavy atom. The van der Waals surface area contributed by atoms with Gasteiger partial charge in [0.2, 0.25) is 0 Å². The predicted octanol–water partition coefficient (Wildman–Crippen LogP) is 4.79. The Morgan fingerprint density at radius 2 is 2.12 bits per heavy atom. The molecule has 0 atom stereocenters. The lowest BCUT2D eigenvalue weighted by Gasteiger charge is -2.24. The Labute approximate surface area is 201 Å². The Balaban J connectivity index is 1.63. The third-order valence-corrected chi connectivity index (χ3v) is 7.44. The SMILES string of the molecule is C=NCc1cccc(F)c1Sc1cc(-c2cnn(C3CCNCC3)c2C)cn2ncc(C#N)c12. The Morgan fingerprint density at radius 1 is 1.29 bits per heavy atom. The molecule has 0 bridgehead atoms. The summed E-state index contributed by atoms with van der Waals surface area (Å²) in [4.78, 5) is 5.16. The maximum absolute atomic E-state index is 14.9. The van der Waals surface area contributed by atoms with Crippen LogP contribution in [0.4, 0.5) is 4.39 Å². The van der Waals surface area contributed by atoms with E-state index in [2.05, 4.69) is 39.8 Å². The fraction of sp³-hybridized carbons (Fsp3) is 0.280. The summed E-state index contributed by atoms with van der Waals surface area (Å²) >= 11 is 1.28. The van der Waals surface area contributed by atoms with Crippen molar-refractivity contribution in [2.24, 2.45) is 4.99 Å². The van der Waals surface area contributed by atoms with Crippen molar-refractivity contribution in [1.29, 1.82) is 5.26 Å². The van der Waals surface area contributed by atoms with Crippen LogP contribution in [0.3, 0.4) is 0 Å². The van der Waals surface area contributed by atoms with Gasteiger partial charge in [0.15, 0.2) is 0 Å². The molecule has 1 saturated heterocycles. The molecule has 0 spiro atoms. The van der Waals surface area contributed by atoms with Crippen LogP contribution in [-0.4, -0.2) is 39.2 Å². The van der Waals surface area contributed by atoms with E-state index in [0.29, 0.717) is 28.6 Å². The molecule has 1 aliphatic heterocycles. The number of nitriles is 1. The lowest BCUT2D eigenvalue weighted by molar-refractivity contribution is 0.338. The Bertz CT molecular complexity index is 1410. The number of rotatable bonds is 6. The summed E-state index contributed by atoms with van der Waals surface area (Å²) < 4.78 is 18.7. The monoisotopic (exact) mass is 473 g/mol. The third kappa shape index (κ3) is 4.00. The van der Waals surface area contributed by atoms with Crippen molar-refractivity contribution >= 4 is 24.0 Å². The topological polar surface area (TPSA) is 83.3 Å². The van der Waals surface area contributed by atoms with Crippen LogP contribution in [0.25, 0.3) is 16.6 Å². The first-order chi connectivity index (χ1) is 16.6. The summed E-state index contributed by atoms with van der Waals surface area (Å²) in [5.41, 5.74) is 4.84. The van der Waals surface area contributed by atoms with Crippen LogP contribution in [0.1, 0.15) is 35.7 Å². The summed E-state index contributed by atoms with van der Waals surface area (Å²) in [6, 6.07) is 9.52. The minimum absolute atomic E-state index is 0.308. The third-order valence-electron chi connectivity index (χ3n) is 6.25. The lowest BCUT2D eigenvalue weighted by Crippen LogP contribution is -2.30. The number of halogens is 1. The summed E-state index contributed by atoms with van der Waals surface area (Å²) in [5.74, 6) is -0.331. The summed E-state index contributed by atoms with van der Waals surface area (Å²) in [7, 11) is 0. The molecule has 0 saturated carbocycles. The lowest BCUT2D eigenvalue weighted by atomic mass is 10.1. The van der Waals surface area contributed by atoms with Crippen LogP contribution >= 0.6 is 11.8 Å². The molecular weight excluding hydrogens is 449 g/mol. The van der Waals surface area contributed by atoms with E-state index < -0.39 is 0 Å². The van der Waals surface area contributed by atoms with Crippen molar-refractivity contribution in [1.82, 2.24) is 24.7 Å².